The van der Waals surface area contributed by atoms with Crippen LogP contribution in [0.1, 0.15) is 18.9 Å². The number of nitrogens with zero attached hydrogens (tertiary/aromatic N) is 1. The Hall–Kier alpha value is -2.24. The number of carboxylic acids is 1. The van der Waals surface area contributed by atoms with E-state index in [0.717, 1.165) is 5.56 Å². The van der Waals surface area contributed by atoms with Gasteiger partial charge in [0.05, 0.1) is 18.2 Å². The van der Waals surface area contributed by atoms with E-state index >= 15 is 0 Å². The number of carboxylic acid groups (broad SMARTS) is 1. The number of nitrogens with one attached hydrogen (secondary N) is 1. The molecule has 114 valence electrons. The molecule has 0 aliphatic carbocycles. The number of benzene rings is 1. The Balaban J connectivity index is 2.12. The summed E-state index contributed by atoms with van der Waals surface area (Å²) in [6.45, 7) is 4.19. The van der Waals surface area contributed by atoms with Crippen molar-refractivity contribution in [2.45, 2.75) is 20.3 Å². The highest BCUT2D eigenvalue weighted by Crippen LogP contribution is 2.32. The summed E-state index contributed by atoms with van der Waals surface area (Å²) in [6.07, 6.45) is 0.459. The largest absolute Gasteiger partial charge is 0.495 e. The number of carbonyl (C=O) groups is 2. The van der Waals surface area contributed by atoms with Crippen LogP contribution < -0.4 is 10.1 Å². The van der Waals surface area contributed by atoms with Crippen molar-refractivity contribution in [3.63, 3.8) is 0 Å². The first-order valence-corrected chi connectivity index (χ1v) is 6.80. The van der Waals surface area contributed by atoms with Crippen LogP contribution in [-0.2, 0) is 4.79 Å². The third-order valence-corrected chi connectivity index (χ3v) is 3.96. The Bertz CT molecular complexity index is 573. The van der Waals surface area contributed by atoms with Gasteiger partial charge in [0.1, 0.15) is 5.75 Å². The number of methoxy groups -OCH3 is 1. The molecule has 1 unspecified atom stereocenters. The molecule has 6 nitrogen and oxygen atoms in total. The summed E-state index contributed by atoms with van der Waals surface area (Å²) in [7, 11) is 1.54. The zero-order chi connectivity index (χ0) is 15.6. The molecule has 2 N–H and O–H groups in total. The van der Waals surface area contributed by atoms with Gasteiger partial charge in [-0.15, -0.1) is 0 Å². The molecule has 0 bridgehead atoms. The van der Waals surface area contributed by atoms with Crippen molar-refractivity contribution in [1.82, 2.24) is 4.90 Å². The molecule has 0 radical (unpaired) electrons. The summed E-state index contributed by atoms with van der Waals surface area (Å²) in [5.74, 6) is -0.283. The number of amides is 2. The summed E-state index contributed by atoms with van der Waals surface area (Å²) in [5.41, 5.74) is 0.643. The van der Waals surface area contributed by atoms with Crippen molar-refractivity contribution < 1.29 is 19.4 Å². The van der Waals surface area contributed by atoms with E-state index in [9.17, 15) is 14.7 Å². The molecular weight excluding hydrogens is 272 g/mol. The summed E-state index contributed by atoms with van der Waals surface area (Å²) in [6, 6.07) is 5.20. The van der Waals surface area contributed by atoms with E-state index in [1.807, 2.05) is 19.1 Å². The first kappa shape index (κ1) is 15.2. The van der Waals surface area contributed by atoms with Gasteiger partial charge in [-0.05, 0) is 31.9 Å². The highest BCUT2D eigenvalue weighted by Gasteiger charge is 2.42. The minimum atomic E-state index is -0.869. The van der Waals surface area contributed by atoms with Gasteiger partial charge in [0.15, 0.2) is 0 Å². The molecule has 1 aliphatic heterocycles. The SMILES string of the molecule is COc1cccc(C)c1NC(=O)N1CCC(C)(C(=O)O)C1. The zero-order valence-corrected chi connectivity index (χ0v) is 12.5. The lowest BCUT2D eigenvalue weighted by Crippen LogP contribution is -2.37. The van der Waals surface area contributed by atoms with E-state index in [1.54, 1.807) is 20.1 Å². The molecule has 1 aromatic rings. The van der Waals surface area contributed by atoms with E-state index in [-0.39, 0.29) is 12.6 Å². The molecule has 1 heterocycles. The van der Waals surface area contributed by atoms with Gasteiger partial charge >= 0.3 is 12.0 Å². The number of likely N-dealkylation sites (tertiary alicyclic amines) is 1. The van der Waals surface area contributed by atoms with Gasteiger partial charge in [0.25, 0.3) is 0 Å². The molecule has 0 saturated carbocycles. The lowest BCUT2D eigenvalue weighted by Gasteiger charge is -2.21. The monoisotopic (exact) mass is 292 g/mol. The van der Waals surface area contributed by atoms with Crippen LogP contribution in [0.15, 0.2) is 18.2 Å². The molecule has 1 aliphatic rings. The van der Waals surface area contributed by atoms with E-state index in [2.05, 4.69) is 5.32 Å². The van der Waals surface area contributed by atoms with Crippen LogP contribution in [0.25, 0.3) is 0 Å². The van der Waals surface area contributed by atoms with Crippen LogP contribution in [0.5, 0.6) is 5.75 Å². The standard InChI is InChI=1S/C15H20N2O4/c1-10-5-4-6-11(21-3)12(10)16-14(20)17-8-7-15(2,9-17)13(18)19/h4-6H,7-9H2,1-3H3,(H,16,20)(H,18,19). The third-order valence-electron chi connectivity index (χ3n) is 3.96. The van der Waals surface area contributed by atoms with Gasteiger partial charge in [0, 0.05) is 13.1 Å². The minimum absolute atomic E-state index is 0.211. The fourth-order valence-corrected chi connectivity index (χ4v) is 2.47. The lowest BCUT2D eigenvalue weighted by atomic mass is 9.90. The number of aliphatic carboxylic acids is 1. The number of hydrogen-bond acceptors (Lipinski definition) is 3. The Morgan fingerprint density at radius 2 is 2.14 bits per heavy atom. The van der Waals surface area contributed by atoms with Gasteiger partial charge in [-0.3, -0.25) is 4.79 Å². The summed E-state index contributed by atoms with van der Waals surface area (Å²) >= 11 is 0. The van der Waals surface area contributed by atoms with Crippen molar-refractivity contribution in [1.29, 1.82) is 0 Å². The molecule has 2 amide bonds. The highest BCUT2D eigenvalue weighted by atomic mass is 16.5. The van der Waals surface area contributed by atoms with E-state index < -0.39 is 11.4 Å². The third kappa shape index (κ3) is 2.94. The first-order chi connectivity index (χ1) is 9.87. The number of hydrogen-bond donors (Lipinski definition) is 2. The molecule has 2 rings (SSSR count). The van der Waals surface area contributed by atoms with E-state index in [0.29, 0.717) is 24.4 Å². The molecule has 1 fully saturated rings. The van der Waals surface area contributed by atoms with Crippen molar-refractivity contribution in [2.75, 3.05) is 25.5 Å². The summed E-state index contributed by atoms with van der Waals surface area (Å²) < 4.78 is 5.24. The van der Waals surface area contributed by atoms with Crippen LogP contribution in [0.2, 0.25) is 0 Å². The molecule has 1 atom stereocenters. The van der Waals surface area contributed by atoms with Crippen LogP contribution in [0.3, 0.4) is 0 Å². The van der Waals surface area contributed by atoms with E-state index in [4.69, 9.17) is 4.74 Å². The molecule has 1 aromatic carbocycles. The second-order valence-corrected chi connectivity index (χ2v) is 5.62. The second-order valence-electron chi connectivity index (χ2n) is 5.62. The fraction of sp³-hybridized carbons (Fsp3) is 0.467. The first-order valence-electron chi connectivity index (χ1n) is 6.80. The predicted octanol–water partition coefficient (Wildman–Crippen LogP) is 2.33. The molecule has 21 heavy (non-hydrogen) atoms. The van der Waals surface area contributed by atoms with Crippen molar-refractivity contribution >= 4 is 17.7 Å². The topological polar surface area (TPSA) is 78.9 Å². The molecule has 0 aromatic heterocycles. The average molecular weight is 292 g/mol. The highest BCUT2D eigenvalue weighted by molar-refractivity contribution is 5.92. The zero-order valence-electron chi connectivity index (χ0n) is 12.5. The minimum Gasteiger partial charge on any atom is -0.495 e. The molecule has 1 saturated heterocycles. The Morgan fingerprint density at radius 1 is 1.43 bits per heavy atom. The Morgan fingerprint density at radius 3 is 2.71 bits per heavy atom. The maximum Gasteiger partial charge on any atom is 0.321 e. The number of aryl methyl sites for hydroxylation is 1. The number of urea groups is 1. The molecular formula is C15H20N2O4. The van der Waals surface area contributed by atoms with Crippen LogP contribution in [0, 0.1) is 12.3 Å². The predicted molar refractivity (Wildman–Crippen MR) is 78.7 cm³/mol. The van der Waals surface area contributed by atoms with Gasteiger partial charge in [-0.25, -0.2) is 4.79 Å². The summed E-state index contributed by atoms with van der Waals surface area (Å²) in [5, 5.41) is 12.0. The maximum atomic E-state index is 12.3. The van der Waals surface area contributed by atoms with E-state index in [1.165, 1.54) is 4.90 Å². The Kier molecular flexibility index (Phi) is 4.06. The van der Waals surface area contributed by atoms with Crippen molar-refractivity contribution in [2.24, 2.45) is 5.41 Å². The number of anilines is 1. The van der Waals surface area contributed by atoms with Crippen molar-refractivity contribution in [3.05, 3.63) is 23.8 Å². The average Bonchev–Trinajstić information content (AvgIpc) is 2.85. The molecule has 0 spiro atoms. The lowest BCUT2D eigenvalue weighted by molar-refractivity contribution is -0.146. The smallest absolute Gasteiger partial charge is 0.321 e. The van der Waals surface area contributed by atoms with Gasteiger partial charge in [-0.1, -0.05) is 12.1 Å². The van der Waals surface area contributed by atoms with Crippen LogP contribution >= 0.6 is 0 Å². The fourth-order valence-electron chi connectivity index (χ4n) is 2.47. The van der Waals surface area contributed by atoms with Crippen LogP contribution in [0.4, 0.5) is 10.5 Å². The number of carbonyl (C=O) groups excluding carboxylic acids is 1. The second kappa shape index (κ2) is 5.63. The van der Waals surface area contributed by atoms with Crippen molar-refractivity contribution in [3.8, 4) is 5.75 Å². The van der Waals surface area contributed by atoms with Crippen LogP contribution in [-0.4, -0.2) is 42.2 Å². The maximum absolute atomic E-state index is 12.3. The number of ether oxygens (including phenoxy) is 1. The Labute approximate surface area is 123 Å². The molecule has 6 heteroatoms. The van der Waals surface area contributed by atoms with Gasteiger partial charge in [-0.2, -0.15) is 0 Å². The quantitative estimate of drug-likeness (QED) is 0.896. The normalized spacial score (nSPS) is 21.2. The van der Waals surface area contributed by atoms with Gasteiger partial charge < -0.3 is 20.1 Å². The number of rotatable bonds is 3. The van der Waals surface area contributed by atoms with Gasteiger partial charge in [0.2, 0.25) is 0 Å². The summed E-state index contributed by atoms with van der Waals surface area (Å²) in [4.78, 5) is 25.1. The number of para-hydroxylation sites is 1.